The van der Waals surface area contributed by atoms with Gasteiger partial charge in [0.25, 0.3) is 0 Å². The lowest BCUT2D eigenvalue weighted by Gasteiger charge is -2.01. The molecular weight excluding hydrogens is 222 g/mol. The first-order valence-corrected chi connectivity index (χ1v) is 5.16. The van der Waals surface area contributed by atoms with Gasteiger partial charge in [0.2, 0.25) is 11.7 Å². The molecule has 0 amide bonds. The Morgan fingerprint density at radius 2 is 2.12 bits per heavy atom. The van der Waals surface area contributed by atoms with E-state index in [1.54, 1.807) is 0 Å². The molecule has 0 aliphatic rings. The molecule has 2 rings (SSSR count). The van der Waals surface area contributed by atoms with Gasteiger partial charge in [-0.1, -0.05) is 23.4 Å². The number of benzene rings is 1. The van der Waals surface area contributed by atoms with Gasteiger partial charge < -0.3 is 20.1 Å². The second-order valence-corrected chi connectivity index (χ2v) is 3.44. The van der Waals surface area contributed by atoms with Crippen molar-refractivity contribution in [3.8, 4) is 5.75 Å². The number of rotatable bonds is 5. The number of aliphatic hydroxyl groups is 1. The maximum atomic E-state index is 8.82. The van der Waals surface area contributed by atoms with Crippen LogP contribution in [0.4, 0.5) is 0 Å². The molecule has 6 heteroatoms. The summed E-state index contributed by atoms with van der Waals surface area (Å²) in [4.78, 5) is 4.01. The van der Waals surface area contributed by atoms with Gasteiger partial charge in [0.1, 0.15) is 11.8 Å². The van der Waals surface area contributed by atoms with Gasteiger partial charge in [-0.15, -0.1) is 0 Å². The number of para-hydroxylation sites is 1. The Bertz CT molecular complexity index is 458. The lowest BCUT2D eigenvalue weighted by Crippen LogP contribution is -2.14. The van der Waals surface area contributed by atoms with E-state index in [4.69, 9.17) is 20.1 Å². The molecule has 0 aliphatic heterocycles. The molecule has 1 aromatic heterocycles. The lowest BCUT2D eigenvalue weighted by molar-refractivity contribution is 0.235. The van der Waals surface area contributed by atoms with E-state index in [0.717, 1.165) is 5.75 Å². The minimum atomic E-state index is -0.645. The molecule has 3 N–H and O–H groups in total. The van der Waals surface area contributed by atoms with Crippen LogP contribution >= 0.6 is 0 Å². The number of nitrogens with zero attached hydrogens (tertiary/aromatic N) is 2. The summed E-state index contributed by atoms with van der Waals surface area (Å²) < 4.78 is 10.3. The minimum absolute atomic E-state index is 0.200. The fourth-order valence-electron chi connectivity index (χ4n) is 1.22. The molecule has 0 saturated carbocycles. The van der Waals surface area contributed by atoms with E-state index < -0.39 is 6.04 Å². The van der Waals surface area contributed by atoms with Gasteiger partial charge in [-0.25, -0.2) is 0 Å². The highest BCUT2D eigenvalue weighted by atomic mass is 16.5. The molecule has 0 saturated heterocycles. The van der Waals surface area contributed by atoms with Gasteiger partial charge >= 0.3 is 0 Å². The fourth-order valence-corrected chi connectivity index (χ4v) is 1.22. The van der Waals surface area contributed by atoms with E-state index in [1.165, 1.54) is 0 Å². The van der Waals surface area contributed by atoms with E-state index in [9.17, 15) is 0 Å². The summed E-state index contributed by atoms with van der Waals surface area (Å²) >= 11 is 0. The number of hydrogen-bond acceptors (Lipinski definition) is 6. The normalized spacial score (nSPS) is 12.4. The molecule has 0 fully saturated rings. The number of aliphatic hydroxyl groups excluding tert-OH is 1. The van der Waals surface area contributed by atoms with Crippen molar-refractivity contribution in [3.05, 3.63) is 42.0 Å². The van der Waals surface area contributed by atoms with Crippen molar-refractivity contribution in [2.24, 2.45) is 5.73 Å². The third-order valence-electron chi connectivity index (χ3n) is 2.11. The summed E-state index contributed by atoms with van der Waals surface area (Å²) in [5.74, 6) is 1.33. The molecule has 0 radical (unpaired) electrons. The fraction of sp³-hybridized carbons (Fsp3) is 0.273. The smallest absolute Gasteiger partial charge is 0.246 e. The van der Waals surface area contributed by atoms with Crippen LogP contribution < -0.4 is 10.5 Å². The highest BCUT2D eigenvalue weighted by molar-refractivity contribution is 5.20. The van der Waals surface area contributed by atoms with Crippen molar-refractivity contribution in [3.63, 3.8) is 0 Å². The average Bonchev–Trinajstić information content (AvgIpc) is 2.85. The molecule has 2 aromatic rings. The summed E-state index contributed by atoms with van der Waals surface area (Å²) in [5.41, 5.74) is 5.53. The quantitative estimate of drug-likeness (QED) is 0.789. The third-order valence-corrected chi connectivity index (χ3v) is 2.11. The zero-order valence-electron chi connectivity index (χ0n) is 9.11. The van der Waals surface area contributed by atoms with Gasteiger partial charge in [0, 0.05) is 0 Å². The Balaban J connectivity index is 1.94. The Morgan fingerprint density at radius 1 is 1.35 bits per heavy atom. The second-order valence-electron chi connectivity index (χ2n) is 3.44. The van der Waals surface area contributed by atoms with Gasteiger partial charge in [0.15, 0.2) is 6.61 Å². The predicted octanol–water partition coefficient (Wildman–Crippen LogP) is 0.641. The van der Waals surface area contributed by atoms with Crippen LogP contribution in [-0.4, -0.2) is 21.9 Å². The van der Waals surface area contributed by atoms with Gasteiger partial charge in [-0.2, -0.15) is 4.98 Å². The topological polar surface area (TPSA) is 94.4 Å². The maximum absolute atomic E-state index is 8.82. The van der Waals surface area contributed by atoms with Crippen LogP contribution in [0.2, 0.25) is 0 Å². The molecule has 17 heavy (non-hydrogen) atoms. The summed E-state index contributed by atoms with van der Waals surface area (Å²) in [6.45, 7) is -0.0349. The van der Waals surface area contributed by atoms with Crippen molar-refractivity contribution in [2.45, 2.75) is 12.6 Å². The number of ether oxygens (including phenoxy) is 1. The Morgan fingerprint density at radius 3 is 2.82 bits per heavy atom. The van der Waals surface area contributed by atoms with Crippen LogP contribution in [0, 0.1) is 0 Å². The highest BCUT2D eigenvalue weighted by Gasteiger charge is 2.13. The number of aromatic nitrogens is 2. The molecule has 90 valence electrons. The molecule has 0 aliphatic carbocycles. The van der Waals surface area contributed by atoms with Gasteiger partial charge in [-0.05, 0) is 12.1 Å². The minimum Gasteiger partial charge on any atom is -0.485 e. The van der Waals surface area contributed by atoms with Crippen LogP contribution in [0.15, 0.2) is 34.9 Å². The first-order chi connectivity index (χ1) is 8.29. The maximum Gasteiger partial charge on any atom is 0.246 e. The summed E-state index contributed by atoms with van der Waals surface area (Å²) in [5, 5.41) is 12.5. The van der Waals surface area contributed by atoms with Crippen molar-refractivity contribution < 1.29 is 14.4 Å². The summed E-state index contributed by atoms with van der Waals surface area (Å²) in [7, 11) is 0. The zero-order chi connectivity index (χ0) is 12.1. The van der Waals surface area contributed by atoms with Crippen LogP contribution in [0.25, 0.3) is 0 Å². The Labute approximate surface area is 98.0 Å². The molecular formula is C11H13N3O3. The summed E-state index contributed by atoms with van der Waals surface area (Å²) in [6, 6.07) is 8.67. The molecule has 0 spiro atoms. The first-order valence-electron chi connectivity index (χ1n) is 5.16. The van der Waals surface area contributed by atoms with Crippen LogP contribution in [0.1, 0.15) is 17.8 Å². The van der Waals surface area contributed by atoms with E-state index in [-0.39, 0.29) is 19.1 Å². The van der Waals surface area contributed by atoms with Crippen molar-refractivity contribution >= 4 is 0 Å². The highest BCUT2D eigenvalue weighted by Crippen LogP contribution is 2.11. The van der Waals surface area contributed by atoms with Crippen molar-refractivity contribution in [2.75, 3.05) is 6.61 Å². The predicted molar refractivity (Wildman–Crippen MR) is 59.1 cm³/mol. The molecule has 6 nitrogen and oxygen atoms in total. The molecule has 0 unspecified atom stereocenters. The first kappa shape index (κ1) is 11.6. The van der Waals surface area contributed by atoms with Crippen LogP contribution in [0.3, 0.4) is 0 Å². The zero-order valence-corrected chi connectivity index (χ0v) is 9.11. The number of hydrogen-bond donors (Lipinski definition) is 2. The van der Waals surface area contributed by atoms with Crippen LogP contribution in [0.5, 0.6) is 5.75 Å². The van der Waals surface area contributed by atoms with Gasteiger partial charge in [0.05, 0.1) is 6.61 Å². The van der Waals surface area contributed by atoms with E-state index in [0.29, 0.717) is 5.82 Å². The van der Waals surface area contributed by atoms with Crippen LogP contribution in [-0.2, 0) is 6.61 Å². The SMILES string of the molecule is N[C@@H](CO)c1nc(COc2ccccc2)no1. The van der Waals surface area contributed by atoms with Crippen molar-refractivity contribution in [1.29, 1.82) is 0 Å². The lowest BCUT2D eigenvalue weighted by atomic mass is 10.3. The van der Waals surface area contributed by atoms with E-state index >= 15 is 0 Å². The molecule has 1 heterocycles. The molecule has 1 aromatic carbocycles. The average molecular weight is 235 g/mol. The van der Waals surface area contributed by atoms with E-state index in [2.05, 4.69) is 10.1 Å². The molecule has 0 bridgehead atoms. The summed E-state index contributed by atoms with van der Waals surface area (Å²) in [6.07, 6.45) is 0. The third kappa shape index (κ3) is 3.02. The standard InChI is InChI=1S/C11H13N3O3/c12-9(6-15)11-13-10(14-17-11)7-16-8-4-2-1-3-5-8/h1-5,9,15H,6-7,12H2/t9-/m0/s1. The van der Waals surface area contributed by atoms with Crippen molar-refractivity contribution in [1.82, 2.24) is 10.1 Å². The Hall–Kier alpha value is -1.92. The monoisotopic (exact) mass is 235 g/mol. The second kappa shape index (κ2) is 5.42. The molecule has 1 atom stereocenters. The number of nitrogens with two attached hydrogens (primary N) is 1. The van der Waals surface area contributed by atoms with E-state index in [1.807, 2.05) is 30.3 Å². The Kier molecular flexibility index (Phi) is 3.69. The largest absolute Gasteiger partial charge is 0.485 e. The van der Waals surface area contributed by atoms with Gasteiger partial charge in [-0.3, -0.25) is 0 Å².